The maximum absolute atomic E-state index is 5.74. The van der Waals surface area contributed by atoms with Gasteiger partial charge in [-0.05, 0) is 42.4 Å². The van der Waals surface area contributed by atoms with E-state index >= 15 is 0 Å². The molecule has 0 atom stereocenters. The number of rotatable bonds is 6. The largest absolute Gasteiger partial charge is 0.399 e. The summed E-state index contributed by atoms with van der Waals surface area (Å²) in [5, 5.41) is 3.66. The van der Waals surface area contributed by atoms with Crippen molar-refractivity contribution in [3.05, 3.63) is 29.8 Å². The molecule has 0 amide bonds. The number of benzene rings is 1. The predicted molar refractivity (Wildman–Crippen MR) is 78.7 cm³/mol. The Bertz CT molecular complexity index is 388. The van der Waals surface area contributed by atoms with E-state index in [9.17, 15) is 0 Å². The number of hydrogen-bond acceptors (Lipinski definition) is 2. The quantitative estimate of drug-likeness (QED) is 0.756. The van der Waals surface area contributed by atoms with Crippen LogP contribution in [0.1, 0.15) is 45.6 Å². The van der Waals surface area contributed by atoms with Crippen molar-refractivity contribution < 1.29 is 0 Å². The number of nitrogens with two attached hydrogens (primary N) is 1. The zero-order valence-corrected chi connectivity index (χ0v) is 11.9. The van der Waals surface area contributed by atoms with Crippen molar-refractivity contribution >= 4 is 5.69 Å². The van der Waals surface area contributed by atoms with E-state index < -0.39 is 0 Å². The van der Waals surface area contributed by atoms with Crippen molar-refractivity contribution in [1.82, 2.24) is 5.32 Å². The van der Waals surface area contributed by atoms with Crippen molar-refractivity contribution in [2.75, 3.05) is 18.8 Å². The Morgan fingerprint density at radius 1 is 1.22 bits per heavy atom. The van der Waals surface area contributed by atoms with Crippen molar-refractivity contribution in [3.63, 3.8) is 0 Å². The normalized spacial score (nSPS) is 17.7. The predicted octanol–water partition coefficient (Wildman–Crippen LogP) is 3.33. The highest BCUT2D eigenvalue weighted by atomic mass is 14.9. The molecule has 1 aliphatic rings. The fourth-order valence-electron chi connectivity index (χ4n) is 2.51. The van der Waals surface area contributed by atoms with Gasteiger partial charge in [-0.25, -0.2) is 0 Å². The Morgan fingerprint density at radius 3 is 2.33 bits per heavy atom. The van der Waals surface area contributed by atoms with E-state index in [0.717, 1.165) is 12.2 Å². The molecule has 0 saturated heterocycles. The van der Waals surface area contributed by atoms with Crippen LogP contribution in [0.5, 0.6) is 0 Å². The third-order valence-corrected chi connectivity index (χ3v) is 4.47. The number of nitrogens with one attached hydrogen (secondary N) is 1. The molecule has 0 aliphatic heterocycles. The standard InChI is InChI=1S/C16H26N2/c1-4-16(9-10-16)12-18-11-15(2,3)13-5-7-14(17)8-6-13/h5-8,18H,4,9-12,17H2,1-3H3. The van der Waals surface area contributed by atoms with Gasteiger partial charge in [-0.15, -0.1) is 0 Å². The molecule has 0 bridgehead atoms. The number of anilines is 1. The molecule has 100 valence electrons. The van der Waals surface area contributed by atoms with Gasteiger partial charge in [0, 0.05) is 24.2 Å². The topological polar surface area (TPSA) is 38.0 Å². The van der Waals surface area contributed by atoms with E-state index in [4.69, 9.17) is 5.73 Å². The highest BCUT2D eigenvalue weighted by Crippen LogP contribution is 2.47. The van der Waals surface area contributed by atoms with Gasteiger partial charge in [-0.2, -0.15) is 0 Å². The van der Waals surface area contributed by atoms with Crippen LogP contribution in [-0.2, 0) is 5.41 Å². The first-order valence-corrected chi connectivity index (χ1v) is 7.04. The second-order valence-corrected chi connectivity index (χ2v) is 6.46. The van der Waals surface area contributed by atoms with Crippen LogP contribution in [0.15, 0.2) is 24.3 Å². The minimum Gasteiger partial charge on any atom is -0.399 e. The molecule has 2 heteroatoms. The Morgan fingerprint density at radius 2 is 1.83 bits per heavy atom. The van der Waals surface area contributed by atoms with E-state index in [1.807, 2.05) is 12.1 Å². The molecule has 2 nitrogen and oxygen atoms in total. The Hall–Kier alpha value is -1.02. The van der Waals surface area contributed by atoms with Gasteiger partial charge in [0.2, 0.25) is 0 Å². The average molecular weight is 246 g/mol. The lowest BCUT2D eigenvalue weighted by atomic mass is 9.84. The molecular weight excluding hydrogens is 220 g/mol. The Kier molecular flexibility index (Phi) is 3.67. The second-order valence-electron chi connectivity index (χ2n) is 6.46. The van der Waals surface area contributed by atoms with E-state index in [0.29, 0.717) is 5.41 Å². The molecule has 1 aliphatic carbocycles. The van der Waals surface area contributed by atoms with E-state index in [2.05, 4.69) is 38.2 Å². The first-order valence-electron chi connectivity index (χ1n) is 7.04. The Labute approximate surface area is 111 Å². The molecule has 3 N–H and O–H groups in total. The second kappa shape index (κ2) is 4.93. The van der Waals surface area contributed by atoms with E-state index in [1.54, 1.807) is 0 Å². The Balaban J connectivity index is 1.88. The monoisotopic (exact) mass is 246 g/mol. The minimum atomic E-state index is 0.164. The SMILES string of the molecule is CCC1(CNCC(C)(C)c2ccc(N)cc2)CC1. The number of hydrogen-bond donors (Lipinski definition) is 2. The van der Waals surface area contributed by atoms with Gasteiger partial charge >= 0.3 is 0 Å². The summed E-state index contributed by atoms with van der Waals surface area (Å²) >= 11 is 0. The summed E-state index contributed by atoms with van der Waals surface area (Å²) in [5.41, 5.74) is 8.71. The van der Waals surface area contributed by atoms with Crippen LogP contribution in [0.4, 0.5) is 5.69 Å². The molecule has 0 spiro atoms. The average Bonchev–Trinajstić information content (AvgIpc) is 3.10. The summed E-state index contributed by atoms with van der Waals surface area (Å²) < 4.78 is 0. The molecular formula is C16H26N2. The van der Waals surface area contributed by atoms with Gasteiger partial charge in [-0.3, -0.25) is 0 Å². The van der Waals surface area contributed by atoms with E-state index in [1.165, 1.54) is 31.4 Å². The van der Waals surface area contributed by atoms with Crippen LogP contribution in [0.3, 0.4) is 0 Å². The first-order chi connectivity index (χ1) is 8.47. The highest BCUT2D eigenvalue weighted by Gasteiger charge is 2.40. The third kappa shape index (κ3) is 3.05. The van der Waals surface area contributed by atoms with Crippen LogP contribution in [0, 0.1) is 5.41 Å². The first kappa shape index (κ1) is 13.4. The van der Waals surface area contributed by atoms with Crippen LogP contribution < -0.4 is 11.1 Å². The van der Waals surface area contributed by atoms with E-state index in [-0.39, 0.29) is 5.41 Å². The van der Waals surface area contributed by atoms with Gasteiger partial charge < -0.3 is 11.1 Å². The summed E-state index contributed by atoms with van der Waals surface area (Å²) in [5.74, 6) is 0. The van der Waals surface area contributed by atoms with Crippen LogP contribution >= 0.6 is 0 Å². The van der Waals surface area contributed by atoms with Gasteiger partial charge in [0.15, 0.2) is 0 Å². The molecule has 18 heavy (non-hydrogen) atoms. The fourth-order valence-corrected chi connectivity index (χ4v) is 2.51. The molecule has 0 heterocycles. The summed E-state index contributed by atoms with van der Waals surface area (Å²) in [6.07, 6.45) is 4.11. The van der Waals surface area contributed by atoms with Gasteiger partial charge in [0.05, 0.1) is 0 Å². The van der Waals surface area contributed by atoms with Crippen molar-refractivity contribution in [2.45, 2.75) is 45.4 Å². The summed E-state index contributed by atoms with van der Waals surface area (Å²) in [6, 6.07) is 8.27. The zero-order chi connectivity index (χ0) is 13.2. The van der Waals surface area contributed by atoms with Crippen molar-refractivity contribution in [1.29, 1.82) is 0 Å². The molecule has 0 radical (unpaired) electrons. The smallest absolute Gasteiger partial charge is 0.0314 e. The molecule has 1 fully saturated rings. The zero-order valence-electron chi connectivity index (χ0n) is 11.9. The summed E-state index contributed by atoms with van der Waals surface area (Å²) in [6.45, 7) is 9.08. The lowest BCUT2D eigenvalue weighted by Gasteiger charge is -2.27. The summed E-state index contributed by atoms with van der Waals surface area (Å²) in [7, 11) is 0. The molecule has 0 unspecified atom stereocenters. The molecule has 1 aromatic carbocycles. The van der Waals surface area contributed by atoms with Gasteiger partial charge in [0.25, 0.3) is 0 Å². The van der Waals surface area contributed by atoms with Crippen LogP contribution in [0.2, 0.25) is 0 Å². The molecule has 2 rings (SSSR count). The van der Waals surface area contributed by atoms with Crippen molar-refractivity contribution in [3.8, 4) is 0 Å². The van der Waals surface area contributed by atoms with Gasteiger partial charge in [-0.1, -0.05) is 32.9 Å². The lowest BCUT2D eigenvalue weighted by molar-refractivity contribution is 0.397. The summed E-state index contributed by atoms with van der Waals surface area (Å²) in [4.78, 5) is 0. The highest BCUT2D eigenvalue weighted by molar-refractivity contribution is 5.41. The maximum atomic E-state index is 5.74. The fraction of sp³-hybridized carbons (Fsp3) is 0.625. The molecule has 0 aromatic heterocycles. The minimum absolute atomic E-state index is 0.164. The molecule has 1 aromatic rings. The maximum Gasteiger partial charge on any atom is 0.0314 e. The van der Waals surface area contributed by atoms with Crippen LogP contribution in [-0.4, -0.2) is 13.1 Å². The molecule has 1 saturated carbocycles. The third-order valence-electron chi connectivity index (χ3n) is 4.47. The van der Waals surface area contributed by atoms with Gasteiger partial charge in [0.1, 0.15) is 0 Å². The number of nitrogen functional groups attached to an aromatic ring is 1. The lowest BCUT2D eigenvalue weighted by Crippen LogP contribution is -2.36. The van der Waals surface area contributed by atoms with Crippen LogP contribution in [0.25, 0.3) is 0 Å². The van der Waals surface area contributed by atoms with Crippen molar-refractivity contribution in [2.24, 2.45) is 5.41 Å².